The van der Waals surface area contributed by atoms with E-state index in [0.717, 1.165) is 29.5 Å². The molecule has 1 fully saturated rings. The van der Waals surface area contributed by atoms with E-state index in [2.05, 4.69) is 15.9 Å². The molecule has 2 atom stereocenters. The van der Waals surface area contributed by atoms with Gasteiger partial charge in [-0.25, -0.2) is 0 Å². The SMILES string of the molecule is COc1ccc(Br)cc1C(O)C1CCCO1. The third kappa shape index (κ3) is 2.39. The van der Waals surface area contributed by atoms with Gasteiger partial charge in [0, 0.05) is 16.6 Å². The van der Waals surface area contributed by atoms with Crippen LogP contribution < -0.4 is 4.74 Å². The number of hydrogen-bond donors (Lipinski definition) is 1. The zero-order valence-corrected chi connectivity index (χ0v) is 10.7. The van der Waals surface area contributed by atoms with Crippen molar-refractivity contribution in [2.24, 2.45) is 0 Å². The molecule has 4 heteroatoms. The van der Waals surface area contributed by atoms with Gasteiger partial charge in [0.1, 0.15) is 11.9 Å². The Morgan fingerprint density at radius 3 is 3.00 bits per heavy atom. The summed E-state index contributed by atoms with van der Waals surface area (Å²) >= 11 is 3.39. The van der Waals surface area contributed by atoms with Crippen molar-refractivity contribution in [2.75, 3.05) is 13.7 Å². The summed E-state index contributed by atoms with van der Waals surface area (Å²) in [4.78, 5) is 0. The van der Waals surface area contributed by atoms with Crippen LogP contribution in [0.3, 0.4) is 0 Å². The van der Waals surface area contributed by atoms with Crippen molar-refractivity contribution < 1.29 is 14.6 Å². The van der Waals surface area contributed by atoms with Crippen molar-refractivity contribution in [3.63, 3.8) is 0 Å². The van der Waals surface area contributed by atoms with Gasteiger partial charge in [-0.1, -0.05) is 15.9 Å². The van der Waals surface area contributed by atoms with Crippen LogP contribution in [0.5, 0.6) is 5.75 Å². The van der Waals surface area contributed by atoms with Crippen LogP contribution in [-0.4, -0.2) is 24.9 Å². The highest BCUT2D eigenvalue weighted by Gasteiger charge is 2.27. The highest BCUT2D eigenvalue weighted by molar-refractivity contribution is 9.10. The Morgan fingerprint density at radius 2 is 2.38 bits per heavy atom. The van der Waals surface area contributed by atoms with Gasteiger partial charge in [0.05, 0.1) is 13.2 Å². The van der Waals surface area contributed by atoms with E-state index in [-0.39, 0.29) is 6.10 Å². The van der Waals surface area contributed by atoms with Crippen LogP contribution in [0.4, 0.5) is 0 Å². The fraction of sp³-hybridized carbons (Fsp3) is 0.500. The van der Waals surface area contributed by atoms with Crippen molar-refractivity contribution in [3.8, 4) is 5.75 Å². The average molecular weight is 287 g/mol. The van der Waals surface area contributed by atoms with Crippen molar-refractivity contribution in [3.05, 3.63) is 28.2 Å². The largest absolute Gasteiger partial charge is 0.496 e. The van der Waals surface area contributed by atoms with Gasteiger partial charge in [0.2, 0.25) is 0 Å². The van der Waals surface area contributed by atoms with E-state index in [1.807, 2.05) is 18.2 Å². The maximum absolute atomic E-state index is 10.2. The van der Waals surface area contributed by atoms with E-state index in [1.54, 1.807) is 7.11 Å². The van der Waals surface area contributed by atoms with E-state index < -0.39 is 6.10 Å². The molecule has 0 saturated carbocycles. The molecule has 1 heterocycles. The Hall–Kier alpha value is -0.580. The van der Waals surface area contributed by atoms with Crippen LogP contribution in [0.2, 0.25) is 0 Å². The molecule has 0 bridgehead atoms. The van der Waals surface area contributed by atoms with Crippen molar-refractivity contribution in [1.82, 2.24) is 0 Å². The maximum atomic E-state index is 10.2. The van der Waals surface area contributed by atoms with E-state index in [0.29, 0.717) is 5.75 Å². The standard InChI is InChI=1S/C12H15BrO3/c1-15-10-5-4-8(13)7-9(10)12(14)11-3-2-6-16-11/h4-5,7,11-12,14H,2-3,6H2,1H3. The first-order valence-corrected chi connectivity index (χ1v) is 6.15. The quantitative estimate of drug-likeness (QED) is 0.929. The monoisotopic (exact) mass is 286 g/mol. The van der Waals surface area contributed by atoms with Gasteiger partial charge in [0.25, 0.3) is 0 Å². The lowest BCUT2D eigenvalue weighted by Gasteiger charge is -2.20. The predicted octanol–water partition coefficient (Wildman–Crippen LogP) is 2.67. The van der Waals surface area contributed by atoms with Crippen LogP contribution >= 0.6 is 15.9 Å². The second-order valence-electron chi connectivity index (χ2n) is 3.88. The molecule has 0 aromatic heterocycles. The molecular weight excluding hydrogens is 272 g/mol. The Labute approximate surface area is 104 Å². The number of rotatable bonds is 3. The summed E-state index contributed by atoms with van der Waals surface area (Å²) in [5.74, 6) is 0.700. The molecule has 1 aliphatic heterocycles. The number of methoxy groups -OCH3 is 1. The van der Waals surface area contributed by atoms with Crippen molar-refractivity contribution in [2.45, 2.75) is 25.0 Å². The third-order valence-corrected chi connectivity index (χ3v) is 3.32. The van der Waals surface area contributed by atoms with Gasteiger partial charge in [-0.05, 0) is 31.0 Å². The number of benzene rings is 1. The lowest BCUT2D eigenvalue weighted by molar-refractivity contribution is -0.00366. The number of aliphatic hydroxyl groups is 1. The van der Waals surface area contributed by atoms with Gasteiger partial charge in [0.15, 0.2) is 0 Å². The van der Waals surface area contributed by atoms with Crippen LogP contribution in [0.1, 0.15) is 24.5 Å². The van der Waals surface area contributed by atoms with Gasteiger partial charge < -0.3 is 14.6 Å². The summed E-state index contributed by atoms with van der Waals surface area (Å²) in [5.41, 5.74) is 0.781. The van der Waals surface area contributed by atoms with E-state index in [9.17, 15) is 5.11 Å². The number of halogens is 1. The zero-order chi connectivity index (χ0) is 11.5. The molecule has 2 unspecified atom stereocenters. The molecule has 16 heavy (non-hydrogen) atoms. The first-order valence-electron chi connectivity index (χ1n) is 5.35. The number of aliphatic hydroxyl groups excluding tert-OH is 1. The summed E-state index contributed by atoms with van der Waals surface area (Å²) in [7, 11) is 1.61. The van der Waals surface area contributed by atoms with Gasteiger partial charge in [-0.3, -0.25) is 0 Å². The van der Waals surface area contributed by atoms with E-state index in [1.165, 1.54) is 0 Å². The van der Waals surface area contributed by atoms with Crippen LogP contribution in [0.25, 0.3) is 0 Å². The molecule has 0 amide bonds. The highest BCUT2D eigenvalue weighted by atomic mass is 79.9. The second kappa shape index (κ2) is 5.17. The molecule has 0 aliphatic carbocycles. The first-order chi connectivity index (χ1) is 7.72. The molecule has 2 rings (SSSR count). The predicted molar refractivity (Wildman–Crippen MR) is 64.6 cm³/mol. The van der Waals surface area contributed by atoms with Crippen molar-refractivity contribution >= 4 is 15.9 Å². The topological polar surface area (TPSA) is 38.7 Å². The van der Waals surface area contributed by atoms with Crippen LogP contribution in [0, 0.1) is 0 Å². The van der Waals surface area contributed by atoms with Crippen molar-refractivity contribution in [1.29, 1.82) is 0 Å². The van der Waals surface area contributed by atoms with E-state index in [4.69, 9.17) is 9.47 Å². The van der Waals surface area contributed by atoms with Gasteiger partial charge in [-0.2, -0.15) is 0 Å². The minimum Gasteiger partial charge on any atom is -0.496 e. The summed E-state index contributed by atoms with van der Waals surface area (Å²) < 4.78 is 11.7. The summed E-state index contributed by atoms with van der Waals surface area (Å²) in [6.07, 6.45) is 1.19. The number of hydrogen-bond acceptors (Lipinski definition) is 3. The maximum Gasteiger partial charge on any atom is 0.124 e. The molecule has 0 spiro atoms. The first kappa shape index (κ1) is 11.9. The zero-order valence-electron chi connectivity index (χ0n) is 9.15. The van der Waals surface area contributed by atoms with E-state index >= 15 is 0 Å². The minimum atomic E-state index is -0.616. The number of ether oxygens (including phenoxy) is 2. The lowest BCUT2D eigenvalue weighted by atomic mass is 10.0. The average Bonchev–Trinajstić information content (AvgIpc) is 2.81. The molecule has 1 aromatic carbocycles. The molecule has 1 N–H and O–H groups in total. The lowest BCUT2D eigenvalue weighted by Crippen LogP contribution is -2.17. The minimum absolute atomic E-state index is 0.108. The Balaban J connectivity index is 2.26. The summed E-state index contributed by atoms with van der Waals surface area (Å²) in [6, 6.07) is 5.62. The highest BCUT2D eigenvalue weighted by Crippen LogP contribution is 2.34. The molecule has 3 nitrogen and oxygen atoms in total. The van der Waals surface area contributed by atoms with Gasteiger partial charge >= 0.3 is 0 Å². The van der Waals surface area contributed by atoms with Crippen LogP contribution in [-0.2, 0) is 4.74 Å². The fourth-order valence-corrected chi connectivity index (χ4v) is 2.37. The normalized spacial score (nSPS) is 22.1. The third-order valence-electron chi connectivity index (χ3n) is 2.83. The Kier molecular flexibility index (Phi) is 3.84. The van der Waals surface area contributed by atoms with Gasteiger partial charge in [-0.15, -0.1) is 0 Å². The van der Waals surface area contributed by atoms with Crippen LogP contribution in [0.15, 0.2) is 22.7 Å². The molecule has 1 saturated heterocycles. The fourth-order valence-electron chi connectivity index (χ4n) is 1.99. The smallest absolute Gasteiger partial charge is 0.124 e. The molecule has 1 aliphatic rings. The Morgan fingerprint density at radius 1 is 1.56 bits per heavy atom. The molecule has 1 aromatic rings. The molecule has 88 valence electrons. The second-order valence-corrected chi connectivity index (χ2v) is 4.80. The Bertz CT molecular complexity index is 361. The molecular formula is C12H15BrO3. The molecule has 0 radical (unpaired) electrons. The summed E-state index contributed by atoms with van der Waals surface area (Å²) in [6.45, 7) is 0.734. The summed E-state index contributed by atoms with van der Waals surface area (Å²) in [5, 5.41) is 10.2.